The molecule has 0 aromatic heterocycles. The largest absolute Gasteiger partial charge is 0.480 e. The number of hydrogen-bond donors (Lipinski definition) is 1. The number of halogens is 2. The molecule has 1 aliphatic carbocycles. The van der Waals surface area contributed by atoms with Crippen LogP contribution in [0.5, 0.6) is 0 Å². The van der Waals surface area contributed by atoms with E-state index >= 15 is 0 Å². The highest BCUT2D eigenvalue weighted by Gasteiger charge is 2.48. The number of nitrogens with zero attached hydrogens (tertiary/aromatic N) is 1. The molecule has 0 bridgehead atoms. The highest BCUT2D eigenvalue weighted by Crippen LogP contribution is 2.40. The average molecular weight is 370 g/mol. The Labute approximate surface area is 136 Å². The van der Waals surface area contributed by atoms with Gasteiger partial charge in [-0.15, -0.1) is 0 Å². The normalized spacial score (nSPS) is 27.5. The Balaban J connectivity index is 1.95. The lowest BCUT2D eigenvalue weighted by atomic mass is 9.84. The number of benzene rings is 1. The van der Waals surface area contributed by atoms with Crippen LogP contribution in [0.1, 0.15) is 42.5 Å². The maximum absolute atomic E-state index is 14.1. The van der Waals surface area contributed by atoms with Gasteiger partial charge in [-0.05, 0) is 43.4 Å². The zero-order valence-corrected chi connectivity index (χ0v) is 13.6. The quantitative estimate of drug-likeness (QED) is 0.868. The molecule has 3 rings (SSSR count). The van der Waals surface area contributed by atoms with Gasteiger partial charge in [-0.3, -0.25) is 4.79 Å². The zero-order valence-electron chi connectivity index (χ0n) is 12.0. The topological polar surface area (TPSA) is 57.6 Å². The molecule has 3 unspecified atom stereocenters. The number of aliphatic carboxylic acids is 1. The third-order valence-electron chi connectivity index (χ3n) is 4.77. The SMILES string of the molecule is O=C(O)C1CC2CCCCC2N1C(=O)c1ccc(Br)cc1F. The molecule has 3 atom stereocenters. The van der Waals surface area contributed by atoms with E-state index in [2.05, 4.69) is 15.9 Å². The van der Waals surface area contributed by atoms with Crippen molar-refractivity contribution < 1.29 is 19.1 Å². The zero-order chi connectivity index (χ0) is 15.9. The fraction of sp³-hybridized carbons (Fsp3) is 0.500. The molecule has 1 amide bonds. The fourth-order valence-corrected chi connectivity index (χ4v) is 4.11. The molecular formula is C16H17BrFNO3. The molecule has 2 fully saturated rings. The highest BCUT2D eigenvalue weighted by molar-refractivity contribution is 9.10. The number of carboxylic acid groups (broad SMARTS) is 1. The van der Waals surface area contributed by atoms with Crippen molar-refractivity contribution in [3.8, 4) is 0 Å². The van der Waals surface area contributed by atoms with E-state index in [-0.39, 0.29) is 17.5 Å². The molecule has 0 radical (unpaired) electrons. The summed E-state index contributed by atoms with van der Waals surface area (Å²) in [5.74, 6) is -1.91. The summed E-state index contributed by atoms with van der Waals surface area (Å²) >= 11 is 3.16. The molecule has 1 saturated carbocycles. The van der Waals surface area contributed by atoms with Gasteiger partial charge in [0.05, 0.1) is 5.56 Å². The van der Waals surface area contributed by atoms with Crippen molar-refractivity contribution in [2.45, 2.75) is 44.2 Å². The molecule has 1 aliphatic heterocycles. The molecule has 0 spiro atoms. The summed E-state index contributed by atoms with van der Waals surface area (Å²) in [4.78, 5) is 25.7. The van der Waals surface area contributed by atoms with Crippen molar-refractivity contribution in [3.63, 3.8) is 0 Å². The number of rotatable bonds is 2. The van der Waals surface area contributed by atoms with Crippen LogP contribution in [0.15, 0.2) is 22.7 Å². The molecule has 2 aliphatic rings. The Morgan fingerprint density at radius 1 is 1.27 bits per heavy atom. The van der Waals surface area contributed by atoms with Gasteiger partial charge in [-0.2, -0.15) is 0 Å². The number of carboxylic acids is 1. The maximum atomic E-state index is 14.1. The van der Waals surface area contributed by atoms with Crippen LogP contribution in [-0.4, -0.2) is 34.0 Å². The summed E-state index contributed by atoms with van der Waals surface area (Å²) < 4.78 is 14.6. The van der Waals surface area contributed by atoms with Gasteiger partial charge in [-0.25, -0.2) is 9.18 Å². The first-order valence-corrected chi connectivity index (χ1v) is 8.29. The van der Waals surface area contributed by atoms with E-state index in [0.29, 0.717) is 10.9 Å². The lowest BCUT2D eigenvalue weighted by molar-refractivity contribution is -0.141. The minimum absolute atomic E-state index is 0.0549. The van der Waals surface area contributed by atoms with Crippen LogP contribution in [-0.2, 0) is 4.79 Å². The predicted molar refractivity (Wildman–Crippen MR) is 82.1 cm³/mol. The van der Waals surface area contributed by atoms with E-state index in [4.69, 9.17) is 0 Å². The van der Waals surface area contributed by atoms with Gasteiger partial charge in [0.2, 0.25) is 0 Å². The minimum atomic E-state index is -1.000. The highest BCUT2D eigenvalue weighted by atomic mass is 79.9. The second kappa shape index (κ2) is 5.99. The Morgan fingerprint density at radius 3 is 2.68 bits per heavy atom. The van der Waals surface area contributed by atoms with E-state index in [1.807, 2.05) is 0 Å². The summed E-state index contributed by atoms with van der Waals surface area (Å²) in [5, 5.41) is 9.44. The first-order valence-electron chi connectivity index (χ1n) is 7.49. The molecule has 118 valence electrons. The standard InChI is InChI=1S/C16H17BrFNO3/c17-10-5-6-11(12(18)8-10)15(20)19-13-4-2-1-3-9(13)7-14(19)16(21)22/h5-6,8-9,13-14H,1-4,7H2,(H,21,22). The fourth-order valence-electron chi connectivity index (χ4n) is 3.77. The first-order chi connectivity index (χ1) is 10.5. The van der Waals surface area contributed by atoms with Gasteiger partial charge in [0.25, 0.3) is 5.91 Å². The number of carbonyl (C=O) groups is 2. The third kappa shape index (κ3) is 2.64. The van der Waals surface area contributed by atoms with Gasteiger partial charge in [-0.1, -0.05) is 28.8 Å². The van der Waals surface area contributed by atoms with Crippen molar-refractivity contribution >= 4 is 27.8 Å². The van der Waals surface area contributed by atoms with Gasteiger partial charge in [0, 0.05) is 10.5 Å². The molecule has 1 aromatic rings. The Morgan fingerprint density at radius 2 is 2.00 bits per heavy atom. The molecule has 1 saturated heterocycles. The van der Waals surface area contributed by atoms with E-state index in [1.54, 1.807) is 6.07 Å². The van der Waals surface area contributed by atoms with Crippen molar-refractivity contribution in [3.05, 3.63) is 34.1 Å². The van der Waals surface area contributed by atoms with Crippen molar-refractivity contribution in [1.82, 2.24) is 4.90 Å². The van der Waals surface area contributed by atoms with Crippen LogP contribution < -0.4 is 0 Å². The van der Waals surface area contributed by atoms with E-state index in [0.717, 1.165) is 25.7 Å². The molecule has 1 N–H and O–H groups in total. The average Bonchev–Trinajstić information content (AvgIpc) is 2.86. The molecule has 22 heavy (non-hydrogen) atoms. The van der Waals surface area contributed by atoms with Gasteiger partial charge >= 0.3 is 5.97 Å². The number of likely N-dealkylation sites (tertiary alicyclic amines) is 1. The molecule has 6 heteroatoms. The van der Waals surface area contributed by atoms with Crippen LogP contribution in [0.4, 0.5) is 4.39 Å². The lowest BCUT2D eigenvalue weighted by Crippen LogP contribution is -2.46. The number of amides is 1. The monoisotopic (exact) mass is 369 g/mol. The van der Waals surface area contributed by atoms with Crippen LogP contribution in [0.3, 0.4) is 0 Å². The van der Waals surface area contributed by atoms with Crippen molar-refractivity contribution in [2.24, 2.45) is 5.92 Å². The van der Waals surface area contributed by atoms with Crippen LogP contribution in [0.25, 0.3) is 0 Å². The van der Waals surface area contributed by atoms with E-state index in [9.17, 15) is 19.1 Å². The maximum Gasteiger partial charge on any atom is 0.326 e. The molecule has 4 nitrogen and oxygen atoms in total. The van der Waals surface area contributed by atoms with Gasteiger partial charge in [0.1, 0.15) is 11.9 Å². The minimum Gasteiger partial charge on any atom is -0.480 e. The summed E-state index contributed by atoms with van der Waals surface area (Å²) in [7, 11) is 0. The molecule has 1 aromatic carbocycles. The lowest BCUT2D eigenvalue weighted by Gasteiger charge is -2.33. The third-order valence-corrected chi connectivity index (χ3v) is 5.26. The van der Waals surface area contributed by atoms with Gasteiger partial charge < -0.3 is 10.0 Å². The number of fused-ring (bicyclic) bond motifs is 1. The summed E-state index contributed by atoms with van der Waals surface area (Å²) in [6, 6.07) is 3.32. The van der Waals surface area contributed by atoms with Crippen LogP contribution in [0.2, 0.25) is 0 Å². The summed E-state index contributed by atoms with van der Waals surface area (Å²) in [6.45, 7) is 0. The smallest absolute Gasteiger partial charge is 0.326 e. The first kappa shape index (κ1) is 15.5. The van der Waals surface area contributed by atoms with Crippen LogP contribution in [0, 0.1) is 11.7 Å². The van der Waals surface area contributed by atoms with Crippen molar-refractivity contribution in [1.29, 1.82) is 0 Å². The second-order valence-electron chi connectivity index (χ2n) is 6.04. The summed E-state index contributed by atoms with van der Waals surface area (Å²) in [6.07, 6.45) is 4.28. The number of hydrogen-bond acceptors (Lipinski definition) is 2. The second-order valence-corrected chi connectivity index (χ2v) is 6.95. The van der Waals surface area contributed by atoms with E-state index in [1.165, 1.54) is 17.0 Å². The Kier molecular flexibility index (Phi) is 4.21. The molecule has 1 heterocycles. The summed E-state index contributed by atoms with van der Waals surface area (Å²) in [5.41, 5.74) is -0.0549. The Hall–Kier alpha value is -1.43. The van der Waals surface area contributed by atoms with Gasteiger partial charge in [0.15, 0.2) is 0 Å². The Bertz CT molecular complexity index is 621. The van der Waals surface area contributed by atoms with E-state index < -0.39 is 23.7 Å². The van der Waals surface area contributed by atoms with Crippen molar-refractivity contribution in [2.75, 3.05) is 0 Å². The van der Waals surface area contributed by atoms with Crippen LogP contribution >= 0.6 is 15.9 Å². The number of carbonyl (C=O) groups excluding carboxylic acids is 1. The predicted octanol–water partition coefficient (Wildman–Crippen LogP) is 3.45. The molecular weight excluding hydrogens is 353 g/mol.